The lowest BCUT2D eigenvalue weighted by molar-refractivity contribution is 0.00867. The number of hydrogen-bond donors (Lipinski definition) is 1. The summed E-state index contributed by atoms with van der Waals surface area (Å²) in [5.74, 6) is 0. The number of ether oxygens (including phenoxy) is 1. The van der Waals surface area contributed by atoms with Gasteiger partial charge in [0.05, 0.1) is 22.5 Å². The summed E-state index contributed by atoms with van der Waals surface area (Å²) in [7, 11) is 3.98. The average molecular weight is 300 g/mol. The van der Waals surface area contributed by atoms with Crippen LogP contribution in [0.5, 0.6) is 0 Å². The maximum absolute atomic E-state index is 6.33. The standard InChI is InChI=1S/C15H26ClN3O/c1-11-15(16)14(19(3)18-11)10-12(17-2)7-8-13-6-4-5-9-20-13/h12-13,17H,4-10H2,1-3H3. The van der Waals surface area contributed by atoms with E-state index in [1.807, 2.05) is 25.7 Å². The van der Waals surface area contributed by atoms with Crippen molar-refractivity contribution >= 4 is 11.6 Å². The molecule has 0 spiro atoms. The van der Waals surface area contributed by atoms with Crippen LogP contribution in [0.2, 0.25) is 5.02 Å². The van der Waals surface area contributed by atoms with E-state index in [0.717, 1.165) is 42.3 Å². The lowest BCUT2D eigenvalue weighted by Crippen LogP contribution is -2.31. The van der Waals surface area contributed by atoms with Gasteiger partial charge in [-0.05, 0) is 46.1 Å². The highest BCUT2D eigenvalue weighted by atomic mass is 35.5. The molecule has 1 saturated heterocycles. The van der Waals surface area contributed by atoms with Crippen molar-refractivity contribution in [2.75, 3.05) is 13.7 Å². The molecule has 5 heteroatoms. The fourth-order valence-electron chi connectivity index (χ4n) is 2.91. The van der Waals surface area contributed by atoms with Gasteiger partial charge in [0.1, 0.15) is 0 Å². The van der Waals surface area contributed by atoms with Crippen LogP contribution in [0.3, 0.4) is 0 Å². The fraction of sp³-hybridized carbons (Fsp3) is 0.800. The molecule has 1 aromatic heterocycles. The summed E-state index contributed by atoms with van der Waals surface area (Å²) in [6.45, 7) is 2.89. The van der Waals surface area contributed by atoms with Crippen LogP contribution in [0.15, 0.2) is 0 Å². The summed E-state index contributed by atoms with van der Waals surface area (Å²) >= 11 is 6.33. The van der Waals surface area contributed by atoms with Crippen molar-refractivity contribution in [2.45, 2.75) is 57.6 Å². The minimum atomic E-state index is 0.424. The highest BCUT2D eigenvalue weighted by molar-refractivity contribution is 6.31. The van der Waals surface area contributed by atoms with Crippen molar-refractivity contribution in [1.82, 2.24) is 15.1 Å². The van der Waals surface area contributed by atoms with Crippen LogP contribution in [-0.4, -0.2) is 35.6 Å². The molecule has 1 fully saturated rings. The van der Waals surface area contributed by atoms with E-state index in [1.165, 1.54) is 19.3 Å². The Hall–Kier alpha value is -0.580. The normalized spacial score (nSPS) is 21.1. The second kappa shape index (κ2) is 7.43. The Morgan fingerprint density at radius 2 is 2.30 bits per heavy atom. The van der Waals surface area contributed by atoms with Gasteiger partial charge in [0.2, 0.25) is 0 Å². The first kappa shape index (κ1) is 15.8. The molecule has 0 aliphatic carbocycles. The molecule has 0 radical (unpaired) electrons. The van der Waals surface area contributed by atoms with Crippen molar-refractivity contribution in [3.05, 3.63) is 16.4 Å². The Labute approximate surface area is 126 Å². The Morgan fingerprint density at radius 3 is 2.85 bits per heavy atom. The zero-order valence-electron chi connectivity index (χ0n) is 12.8. The number of rotatable bonds is 6. The Morgan fingerprint density at radius 1 is 1.50 bits per heavy atom. The number of nitrogens with one attached hydrogen (secondary N) is 1. The van der Waals surface area contributed by atoms with Gasteiger partial charge < -0.3 is 10.1 Å². The highest BCUT2D eigenvalue weighted by Gasteiger charge is 2.19. The van der Waals surface area contributed by atoms with E-state index < -0.39 is 0 Å². The third kappa shape index (κ3) is 3.96. The van der Waals surface area contributed by atoms with Crippen molar-refractivity contribution in [3.8, 4) is 0 Å². The van der Waals surface area contributed by atoms with Gasteiger partial charge in [-0.1, -0.05) is 11.6 Å². The Balaban J connectivity index is 1.88. The van der Waals surface area contributed by atoms with Gasteiger partial charge in [0.15, 0.2) is 0 Å². The minimum Gasteiger partial charge on any atom is -0.378 e. The monoisotopic (exact) mass is 299 g/mol. The lowest BCUT2D eigenvalue weighted by atomic mass is 9.99. The molecular weight excluding hydrogens is 274 g/mol. The van der Waals surface area contributed by atoms with Gasteiger partial charge >= 0.3 is 0 Å². The molecule has 114 valence electrons. The first-order valence-electron chi connectivity index (χ1n) is 7.58. The quantitative estimate of drug-likeness (QED) is 0.878. The van der Waals surface area contributed by atoms with Crippen LogP contribution in [0.1, 0.15) is 43.5 Å². The fourth-order valence-corrected chi connectivity index (χ4v) is 3.14. The van der Waals surface area contributed by atoms with Crippen molar-refractivity contribution < 1.29 is 4.74 Å². The van der Waals surface area contributed by atoms with Crippen LogP contribution in [0.25, 0.3) is 0 Å². The number of aryl methyl sites for hydroxylation is 2. The number of nitrogens with zero attached hydrogens (tertiary/aromatic N) is 2. The molecule has 2 unspecified atom stereocenters. The molecule has 0 saturated carbocycles. The Bertz CT molecular complexity index is 427. The predicted octanol–water partition coefficient (Wildman–Crippen LogP) is 2.86. The van der Waals surface area contributed by atoms with E-state index in [4.69, 9.17) is 16.3 Å². The van der Waals surface area contributed by atoms with Gasteiger partial charge in [-0.25, -0.2) is 0 Å². The highest BCUT2D eigenvalue weighted by Crippen LogP contribution is 2.23. The molecule has 4 nitrogen and oxygen atoms in total. The molecule has 2 rings (SSSR count). The summed E-state index contributed by atoms with van der Waals surface area (Å²) in [5, 5.41) is 8.59. The summed E-state index contributed by atoms with van der Waals surface area (Å²) in [5.41, 5.74) is 2.03. The smallest absolute Gasteiger partial charge is 0.0847 e. The van der Waals surface area contributed by atoms with Crippen LogP contribution in [-0.2, 0) is 18.2 Å². The van der Waals surface area contributed by atoms with E-state index >= 15 is 0 Å². The number of halogens is 1. The molecule has 1 aliphatic heterocycles. The molecule has 2 heterocycles. The average Bonchev–Trinajstić information content (AvgIpc) is 2.70. The van der Waals surface area contributed by atoms with Gasteiger partial charge in [-0.3, -0.25) is 4.68 Å². The SMILES string of the molecule is CNC(CCC1CCCCO1)Cc1c(Cl)c(C)nn1C. The topological polar surface area (TPSA) is 39.1 Å². The zero-order chi connectivity index (χ0) is 14.5. The Kier molecular flexibility index (Phi) is 5.87. The van der Waals surface area contributed by atoms with Gasteiger partial charge in [0.25, 0.3) is 0 Å². The maximum Gasteiger partial charge on any atom is 0.0847 e. The number of aromatic nitrogens is 2. The van der Waals surface area contributed by atoms with E-state index in [-0.39, 0.29) is 0 Å². The van der Waals surface area contributed by atoms with E-state index in [2.05, 4.69) is 10.4 Å². The van der Waals surface area contributed by atoms with Crippen LogP contribution < -0.4 is 5.32 Å². The first-order valence-corrected chi connectivity index (χ1v) is 7.96. The summed E-state index contributed by atoms with van der Waals surface area (Å²) < 4.78 is 7.71. The lowest BCUT2D eigenvalue weighted by Gasteiger charge is -2.25. The molecule has 0 bridgehead atoms. The van der Waals surface area contributed by atoms with Crippen molar-refractivity contribution in [3.63, 3.8) is 0 Å². The van der Waals surface area contributed by atoms with Crippen molar-refractivity contribution in [1.29, 1.82) is 0 Å². The predicted molar refractivity (Wildman–Crippen MR) is 82.3 cm³/mol. The number of likely N-dealkylation sites (N-methyl/N-ethyl adjacent to an activating group) is 1. The molecule has 1 aromatic rings. The minimum absolute atomic E-state index is 0.424. The van der Waals surface area contributed by atoms with Crippen LogP contribution in [0, 0.1) is 6.92 Å². The van der Waals surface area contributed by atoms with E-state index in [9.17, 15) is 0 Å². The third-order valence-electron chi connectivity index (χ3n) is 4.22. The zero-order valence-corrected chi connectivity index (χ0v) is 13.5. The van der Waals surface area contributed by atoms with E-state index in [1.54, 1.807) is 0 Å². The second-order valence-electron chi connectivity index (χ2n) is 5.73. The van der Waals surface area contributed by atoms with Gasteiger partial charge in [0, 0.05) is 26.1 Å². The first-order chi connectivity index (χ1) is 9.61. The maximum atomic E-state index is 6.33. The third-order valence-corrected chi connectivity index (χ3v) is 4.71. The summed E-state index contributed by atoms with van der Waals surface area (Å²) in [6.07, 6.45) is 7.34. The molecular formula is C15H26ClN3O. The van der Waals surface area contributed by atoms with Crippen molar-refractivity contribution in [2.24, 2.45) is 7.05 Å². The molecule has 0 aromatic carbocycles. The molecule has 20 heavy (non-hydrogen) atoms. The van der Waals surface area contributed by atoms with E-state index in [0.29, 0.717) is 12.1 Å². The van der Waals surface area contributed by atoms with Gasteiger partial charge in [-0.2, -0.15) is 5.10 Å². The molecule has 2 atom stereocenters. The van der Waals surface area contributed by atoms with Crippen LogP contribution in [0.4, 0.5) is 0 Å². The largest absolute Gasteiger partial charge is 0.378 e. The van der Waals surface area contributed by atoms with Gasteiger partial charge in [-0.15, -0.1) is 0 Å². The second-order valence-corrected chi connectivity index (χ2v) is 6.10. The number of hydrogen-bond acceptors (Lipinski definition) is 3. The van der Waals surface area contributed by atoms with Crippen LogP contribution >= 0.6 is 11.6 Å². The molecule has 1 N–H and O–H groups in total. The molecule has 0 amide bonds. The summed E-state index contributed by atoms with van der Waals surface area (Å²) in [6, 6.07) is 0.424. The molecule has 1 aliphatic rings. The summed E-state index contributed by atoms with van der Waals surface area (Å²) in [4.78, 5) is 0.